The number of aldehydes is 1. The summed E-state index contributed by atoms with van der Waals surface area (Å²) >= 11 is 4.04. The normalized spacial score (nSPS) is 13.3. The number of amides is 1. The van der Waals surface area contributed by atoms with E-state index in [2.05, 4.69) is 24.9 Å². The topological polar surface area (TPSA) is 72.5 Å². The zero-order valence-electron chi connectivity index (χ0n) is 12.3. The molecule has 0 fully saturated rings. The van der Waals surface area contributed by atoms with Gasteiger partial charge in [0.2, 0.25) is 5.91 Å². The van der Waals surface area contributed by atoms with Crippen LogP contribution in [0.4, 0.5) is 0 Å². The van der Waals surface area contributed by atoms with Gasteiger partial charge < -0.3 is 14.8 Å². The molecule has 0 spiro atoms. The monoisotopic (exact) mass is 303 g/mol. The van der Waals surface area contributed by atoms with Crippen LogP contribution in [0.5, 0.6) is 0 Å². The molecule has 0 rings (SSSR count). The van der Waals surface area contributed by atoms with Gasteiger partial charge in [-0.25, -0.2) is 4.79 Å². The van der Waals surface area contributed by atoms with Crippen LogP contribution in [0.25, 0.3) is 0 Å². The highest BCUT2D eigenvalue weighted by atomic mass is 32.1. The fourth-order valence-electron chi connectivity index (χ4n) is 1.81. The molecule has 0 bridgehead atoms. The van der Waals surface area contributed by atoms with E-state index in [1.165, 1.54) is 6.92 Å². The van der Waals surface area contributed by atoms with Crippen LogP contribution in [0.3, 0.4) is 0 Å². The van der Waals surface area contributed by atoms with Gasteiger partial charge in [0.15, 0.2) is 0 Å². The van der Waals surface area contributed by atoms with Gasteiger partial charge in [0, 0.05) is 19.1 Å². The lowest BCUT2D eigenvalue weighted by molar-refractivity contribution is -0.153. The smallest absolute Gasteiger partial charge is 0.329 e. The highest BCUT2D eigenvalue weighted by molar-refractivity contribution is 7.80. The summed E-state index contributed by atoms with van der Waals surface area (Å²) in [5, 5.41) is 2.50. The number of rotatable bonds is 11. The first-order valence-corrected chi connectivity index (χ1v) is 7.70. The number of ether oxygens (including phenoxy) is 1. The molecule has 0 radical (unpaired) electrons. The molecule has 1 N–H and O–H groups in total. The Balaban J connectivity index is 4.39. The Bertz CT molecular complexity index is 310. The number of hydrogen-bond acceptors (Lipinski definition) is 5. The minimum Gasteiger partial charge on any atom is -0.461 e. The molecule has 1 amide bonds. The lowest BCUT2D eigenvalue weighted by atomic mass is 10.1. The van der Waals surface area contributed by atoms with Crippen LogP contribution in [0.1, 0.15) is 52.4 Å². The van der Waals surface area contributed by atoms with Crippen molar-refractivity contribution < 1.29 is 19.1 Å². The molecule has 0 aliphatic rings. The maximum absolute atomic E-state index is 11.9. The molecule has 2 unspecified atom stereocenters. The Kier molecular flexibility index (Phi) is 11.1. The predicted molar refractivity (Wildman–Crippen MR) is 80.8 cm³/mol. The summed E-state index contributed by atoms with van der Waals surface area (Å²) in [6.45, 7) is 3.44. The molecule has 6 heteroatoms. The Hall–Kier alpha value is -1.04. The van der Waals surface area contributed by atoms with Crippen molar-refractivity contribution in [3.05, 3.63) is 0 Å². The van der Waals surface area contributed by atoms with Gasteiger partial charge in [0.25, 0.3) is 0 Å². The zero-order valence-corrected chi connectivity index (χ0v) is 13.2. The Morgan fingerprint density at radius 1 is 1.30 bits per heavy atom. The molecule has 0 aliphatic heterocycles. The minimum atomic E-state index is -0.735. The van der Waals surface area contributed by atoms with Crippen molar-refractivity contribution in [2.24, 2.45) is 0 Å². The number of unbranched alkanes of at least 4 members (excludes halogenated alkanes) is 2. The fraction of sp³-hybridized carbons (Fsp3) is 0.786. The van der Waals surface area contributed by atoms with E-state index in [4.69, 9.17) is 4.74 Å². The molecule has 0 heterocycles. The quantitative estimate of drug-likeness (QED) is 0.265. The largest absolute Gasteiger partial charge is 0.461 e. The average Bonchev–Trinajstić information content (AvgIpc) is 2.41. The zero-order chi connectivity index (χ0) is 15.4. The van der Waals surface area contributed by atoms with E-state index in [1.54, 1.807) is 0 Å². The SMILES string of the molecule is CCCCCC(CCC=O)OC(=O)C(CS)NC(C)=O. The molecule has 0 saturated heterocycles. The second-order valence-corrected chi connectivity index (χ2v) is 5.10. The third-order valence-electron chi connectivity index (χ3n) is 2.86. The van der Waals surface area contributed by atoms with Gasteiger partial charge in [-0.15, -0.1) is 0 Å². The van der Waals surface area contributed by atoms with Crippen molar-refractivity contribution in [2.45, 2.75) is 64.5 Å². The van der Waals surface area contributed by atoms with Crippen LogP contribution in [-0.4, -0.2) is 36.1 Å². The number of hydrogen-bond donors (Lipinski definition) is 2. The molecular weight excluding hydrogens is 278 g/mol. The summed E-state index contributed by atoms with van der Waals surface area (Å²) in [5.41, 5.74) is 0. The summed E-state index contributed by atoms with van der Waals surface area (Å²) in [6, 6.07) is -0.735. The molecular formula is C14H25NO4S. The molecule has 0 aromatic rings. The predicted octanol–water partition coefficient (Wildman–Crippen LogP) is 1.89. The fourth-order valence-corrected chi connectivity index (χ4v) is 2.05. The maximum atomic E-state index is 11.9. The first-order chi connectivity index (χ1) is 9.54. The summed E-state index contributed by atoms with van der Waals surface area (Å²) in [5.74, 6) is -0.590. The number of esters is 1. The van der Waals surface area contributed by atoms with Gasteiger partial charge in [-0.05, 0) is 19.3 Å². The molecule has 116 valence electrons. The van der Waals surface area contributed by atoms with E-state index in [-0.39, 0.29) is 17.8 Å². The summed E-state index contributed by atoms with van der Waals surface area (Å²) < 4.78 is 5.39. The van der Waals surface area contributed by atoms with Gasteiger partial charge in [-0.1, -0.05) is 19.8 Å². The Morgan fingerprint density at radius 3 is 2.50 bits per heavy atom. The summed E-state index contributed by atoms with van der Waals surface area (Å²) in [6.07, 6.45) is 5.30. The van der Waals surface area contributed by atoms with Gasteiger partial charge in [-0.3, -0.25) is 4.79 Å². The maximum Gasteiger partial charge on any atom is 0.329 e. The number of thiol groups is 1. The minimum absolute atomic E-state index is 0.188. The second kappa shape index (κ2) is 11.8. The average molecular weight is 303 g/mol. The number of carbonyl (C=O) groups is 3. The second-order valence-electron chi connectivity index (χ2n) is 4.73. The van der Waals surface area contributed by atoms with E-state index in [0.29, 0.717) is 12.8 Å². The summed E-state index contributed by atoms with van der Waals surface area (Å²) in [7, 11) is 0. The Labute approximate surface area is 126 Å². The molecule has 0 saturated carbocycles. The van der Waals surface area contributed by atoms with Crippen molar-refractivity contribution in [1.82, 2.24) is 5.32 Å². The van der Waals surface area contributed by atoms with Gasteiger partial charge in [-0.2, -0.15) is 12.6 Å². The van der Waals surface area contributed by atoms with Crippen LogP contribution < -0.4 is 5.32 Å². The van der Waals surface area contributed by atoms with E-state index in [9.17, 15) is 14.4 Å². The molecule has 20 heavy (non-hydrogen) atoms. The van der Waals surface area contributed by atoms with Crippen molar-refractivity contribution in [3.63, 3.8) is 0 Å². The molecule has 2 atom stereocenters. The lowest BCUT2D eigenvalue weighted by Gasteiger charge is -2.21. The number of nitrogens with one attached hydrogen (secondary N) is 1. The first-order valence-electron chi connectivity index (χ1n) is 7.07. The highest BCUT2D eigenvalue weighted by Crippen LogP contribution is 2.13. The first kappa shape index (κ1) is 19.0. The highest BCUT2D eigenvalue weighted by Gasteiger charge is 2.22. The third-order valence-corrected chi connectivity index (χ3v) is 3.23. The van der Waals surface area contributed by atoms with Gasteiger partial charge >= 0.3 is 5.97 Å². The molecule has 0 aliphatic carbocycles. The molecule has 0 aromatic carbocycles. The van der Waals surface area contributed by atoms with Crippen LogP contribution in [-0.2, 0) is 19.1 Å². The van der Waals surface area contributed by atoms with Crippen LogP contribution in [0, 0.1) is 0 Å². The van der Waals surface area contributed by atoms with Crippen molar-refractivity contribution in [2.75, 3.05) is 5.75 Å². The van der Waals surface area contributed by atoms with E-state index in [1.807, 2.05) is 0 Å². The van der Waals surface area contributed by atoms with Crippen LogP contribution in [0.2, 0.25) is 0 Å². The van der Waals surface area contributed by atoms with Crippen molar-refractivity contribution in [3.8, 4) is 0 Å². The van der Waals surface area contributed by atoms with Gasteiger partial charge in [0.05, 0.1) is 0 Å². The van der Waals surface area contributed by atoms with Crippen molar-refractivity contribution >= 4 is 30.8 Å². The lowest BCUT2D eigenvalue weighted by Crippen LogP contribution is -2.43. The van der Waals surface area contributed by atoms with Crippen LogP contribution >= 0.6 is 12.6 Å². The Morgan fingerprint density at radius 2 is 2.00 bits per heavy atom. The van der Waals surface area contributed by atoms with Gasteiger partial charge in [0.1, 0.15) is 18.4 Å². The summed E-state index contributed by atoms with van der Waals surface area (Å²) in [4.78, 5) is 33.4. The van der Waals surface area contributed by atoms with Crippen molar-refractivity contribution in [1.29, 1.82) is 0 Å². The van der Waals surface area contributed by atoms with Crippen LogP contribution in [0.15, 0.2) is 0 Å². The van der Waals surface area contributed by atoms with E-state index in [0.717, 1.165) is 32.0 Å². The number of carbonyl (C=O) groups excluding carboxylic acids is 3. The molecule has 5 nitrogen and oxygen atoms in total. The molecule has 0 aromatic heterocycles. The standard InChI is InChI=1S/C14H25NO4S/c1-3-4-5-7-12(8-6-9-16)19-14(18)13(10-20)15-11(2)17/h9,12-13,20H,3-8,10H2,1-2H3,(H,15,17). The third kappa shape index (κ3) is 8.96. The van der Waals surface area contributed by atoms with E-state index < -0.39 is 12.0 Å². The van der Waals surface area contributed by atoms with E-state index >= 15 is 0 Å².